The van der Waals surface area contributed by atoms with Crippen molar-refractivity contribution in [2.45, 2.75) is 13.0 Å². The Hall–Kier alpha value is -0.260. The van der Waals surface area contributed by atoms with Gasteiger partial charge in [-0.2, -0.15) is 11.8 Å². The van der Waals surface area contributed by atoms with Crippen LogP contribution in [-0.2, 0) is 0 Å². The molecule has 2 aliphatic heterocycles. The third-order valence-electron chi connectivity index (χ3n) is 3.30. The van der Waals surface area contributed by atoms with Crippen LogP contribution in [0.1, 0.15) is 4.88 Å². The van der Waals surface area contributed by atoms with Gasteiger partial charge in [0.05, 0.1) is 0 Å². The molecule has 3 nitrogen and oxygen atoms in total. The highest BCUT2D eigenvalue weighted by atomic mass is 32.2. The average Bonchev–Trinajstić information content (AvgIpc) is 2.64. The summed E-state index contributed by atoms with van der Waals surface area (Å²) in [5.74, 6) is 2.62. The van der Waals surface area contributed by atoms with E-state index in [0.717, 1.165) is 6.04 Å². The topological polar surface area (TPSA) is 19.4 Å². The first-order valence-electron chi connectivity index (χ1n) is 5.82. The second kappa shape index (κ2) is 4.55. The maximum Gasteiger partial charge on any atom is 0.185 e. The van der Waals surface area contributed by atoms with Crippen molar-refractivity contribution in [3.05, 3.63) is 11.1 Å². The molecule has 0 spiro atoms. The summed E-state index contributed by atoms with van der Waals surface area (Å²) in [6.07, 6.45) is 1.98. The Bertz CT molecular complexity index is 354. The minimum absolute atomic E-state index is 0.783. The van der Waals surface area contributed by atoms with Gasteiger partial charge in [0, 0.05) is 54.8 Å². The SMILES string of the molecule is Cc1cnc(N2CC(N3CCSCC3)C2)s1. The number of aromatic nitrogens is 1. The summed E-state index contributed by atoms with van der Waals surface area (Å²) >= 11 is 3.90. The molecule has 16 heavy (non-hydrogen) atoms. The highest BCUT2D eigenvalue weighted by Gasteiger charge is 2.33. The van der Waals surface area contributed by atoms with Crippen LogP contribution in [0.2, 0.25) is 0 Å². The summed E-state index contributed by atoms with van der Waals surface area (Å²) < 4.78 is 0. The first-order valence-corrected chi connectivity index (χ1v) is 7.79. The van der Waals surface area contributed by atoms with Gasteiger partial charge in [-0.15, -0.1) is 11.3 Å². The van der Waals surface area contributed by atoms with Crippen LogP contribution in [0.4, 0.5) is 5.13 Å². The summed E-state index contributed by atoms with van der Waals surface area (Å²) in [5.41, 5.74) is 0. The van der Waals surface area contributed by atoms with E-state index >= 15 is 0 Å². The van der Waals surface area contributed by atoms with Crippen molar-refractivity contribution >= 4 is 28.2 Å². The molecule has 88 valence electrons. The molecular weight excluding hydrogens is 238 g/mol. The molecule has 0 amide bonds. The molecule has 1 aromatic heterocycles. The van der Waals surface area contributed by atoms with Crippen LogP contribution in [0.25, 0.3) is 0 Å². The Labute approximate surface area is 105 Å². The molecule has 0 aromatic carbocycles. The van der Waals surface area contributed by atoms with Gasteiger partial charge in [0.25, 0.3) is 0 Å². The van der Waals surface area contributed by atoms with Crippen molar-refractivity contribution in [2.24, 2.45) is 0 Å². The third kappa shape index (κ3) is 2.08. The normalized spacial score (nSPS) is 23.4. The zero-order chi connectivity index (χ0) is 11.0. The van der Waals surface area contributed by atoms with E-state index in [-0.39, 0.29) is 0 Å². The zero-order valence-electron chi connectivity index (χ0n) is 9.56. The maximum atomic E-state index is 4.44. The van der Waals surface area contributed by atoms with Gasteiger partial charge in [0.15, 0.2) is 5.13 Å². The second-order valence-corrected chi connectivity index (χ2v) is 6.90. The molecule has 0 saturated carbocycles. The number of thiazole rings is 1. The van der Waals surface area contributed by atoms with Crippen molar-refractivity contribution in [1.29, 1.82) is 0 Å². The molecule has 2 aliphatic rings. The molecule has 5 heteroatoms. The average molecular weight is 255 g/mol. The van der Waals surface area contributed by atoms with Crippen LogP contribution >= 0.6 is 23.1 Å². The fraction of sp³-hybridized carbons (Fsp3) is 0.727. The lowest BCUT2D eigenvalue weighted by Crippen LogP contribution is -2.61. The molecular formula is C11H17N3S2. The number of hydrogen-bond donors (Lipinski definition) is 0. The van der Waals surface area contributed by atoms with Crippen molar-refractivity contribution in [3.8, 4) is 0 Å². The lowest BCUT2D eigenvalue weighted by Gasteiger charge is -2.46. The van der Waals surface area contributed by atoms with Crippen molar-refractivity contribution in [3.63, 3.8) is 0 Å². The summed E-state index contributed by atoms with van der Waals surface area (Å²) in [6.45, 7) is 7.04. The number of aryl methyl sites for hydroxylation is 1. The summed E-state index contributed by atoms with van der Waals surface area (Å²) in [6, 6.07) is 0.783. The largest absolute Gasteiger partial charge is 0.345 e. The lowest BCUT2D eigenvalue weighted by atomic mass is 10.1. The van der Waals surface area contributed by atoms with E-state index in [2.05, 4.69) is 33.5 Å². The predicted molar refractivity (Wildman–Crippen MR) is 71.8 cm³/mol. The number of anilines is 1. The van der Waals surface area contributed by atoms with E-state index < -0.39 is 0 Å². The standard InChI is InChI=1S/C11H17N3S2/c1-9-6-12-11(16-9)14-7-10(8-14)13-2-4-15-5-3-13/h6,10H,2-5,7-8H2,1H3. The third-order valence-corrected chi connectivity index (χ3v) is 5.22. The van der Waals surface area contributed by atoms with Crippen LogP contribution in [-0.4, -0.2) is 53.6 Å². The first-order chi connectivity index (χ1) is 7.83. The number of nitrogens with zero attached hydrogens (tertiary/aromatic N) is 3. The highest BCUT2D eigenvalue weighted by molar-refractivity contribution is 7.99. The van der Waals surface area contributed by atoms with Gasteiger partial charge in [0.1, 0.15) is 0 Å². The van der Waals surface area contributed by atoms with E-state index in [1.807, 2.05) is 17.5 Å². The smallest absolute Gasteiger partial charge is 0.185 e. The molecule has 0 aliphatic carbocycles. The minimum atomic E-state index is 0.783. The Morgan fingerprint density at radius 2 is 2.06 bits per heavy atom. The van der Waals surface area contributed by atoms with Gasteiger partial charge in [0.2, 0.25) is 0 Å². The molecule has 0 bridgehead atoms. The Balaban J connectivity index is 1.54. The molecule has 2 fully saturated rings. The molecule has 0 N–H and O–H groups in total. The Morgan fingerprint density at radius 3 is 2.69 bits per heavy atom. The fourth-order valence-electron chi connectivity index (χ4n) is 2.27. The maximum absolute atomic E-state index is 4.44. The molecule has 0 radical (unpaired) electrons. The minimum Gasteiger partial charge on any atom is -0.345 e. The molecule has 3 rings (SSSR count). The fourth-order valence-corrected chi connectivity index (χ4v) is 3.98. The lowest BCUT2D eigenvalue weighted by molar-refractivity contribution is 0.183. The van der Waals surface area contributed by atoms with Crippen molar-refractivity contribution < 1.29 is 0 Å². The van der Waals surface area contributed by atoms with Gasteiger partial charge < -0.3 is 4.90 Å². The Kier molecular flexibility index (Phi) is 3.09. The monoisotopic (exact) mass is 255 g/mol. The molecule has 2 saturated heterocycles. The first kappa shape index (κ1) is 10.9. The van der Waals surface area contributed by atoms with E-state index in [1.54, 1.807) is 0 Å². The van der Waals surface area contributed by atoms with Crippen molar-refractivity contribution in [1.82, 2.24) is 9.88 Å². The van der Waals surface area contributed by atoms with Crippen LogP contribution < -0.4 is 4.90 Å². The van der Waals surface area contributed by atoms with E-state index in [1.165, 1.54) is 47.7 Å². The van der Waals surface area contributed by atoms with Gasteiger partial charge in [-0.3, -0.25) is 4.90 Å². The van der Waals surface area contributed by atoms with Crippen LogP contribution in [0.3, 0.4) is 0 Å². The summed E-state index contributed by atoms with van der Waals surface area (Å²) in [4.78, 5) is 10.8. The van der Waals surface area contributed by atoms with E-state index in [4.69, 9.17) is 0 Å². The van der Waals surface area contributed by atoms with E-state index in [0.29, 0.717) is 0 Å². The predicted octanol–water partition coefficient (Wildman–Crippen LogP) is 1.69. The van der Waals surface area contributed by atoms with Gasteiger partial charge in [-0.25, -0.2) is 4.98 Å². The van der Waals surface area contributed by atoms with Crippen LogP contribution in [0.15, 0.2) is 6.20 Å². The number of rotatable bonds is 2. The van der Waals surface area contributed by atoms with Gasteiger partial charge >= 0.3 is 0 Å². The highest BCUT2D eigenvalue weighted by Crippen LogP contribution is 2.28. The van der Waals surface area contributed by atoms with Crippen LogP contribution in [0.5, 0.6) is 0 Å². The number of thioether (sulfide) groups is 1. The molecule has 0 unspecified atom stereocenters. The quantitative estimate of drug-likeness (QED) is 0.800. The van der Waals surface area contributed by atoms with Crippen LogP contribution in [0, 0.1) is 6.92 Å². The Morgan fingerprint density at radius 1 is 1.31 bits per heavy atom. The van der Waals surface area contributed by atoms with Gasteiger partial charge in [-0.1, -0.05) is 0 Å². The van der Waals surface area contributed by atoms with E-state index in [9.17, 15) is 0 Å². The zero-order valence-corrected chi connectivity index (χ0v) is 11.2. The van der Waals surface area contributed by atoms with Crippen molar-refractivity contribution in [2.75, 3.05) is 42.6 Å². The molecule has 1 aromatic rings. The number of hydrogen-bond acceptors (Lipinski definition) is 5. The van der Waals surface area contributed by atoms with Gasteiger partial charge in [-0.05, 0) is 6.92 Å². The second-order valence-electron chi connectivity index (χ2n) is 4.46. The molecule has 0 atom stereocenters. The summed E-state index contributed by atoms with van der Waals surface area (Å²) in [5, 5.41) is 1.21. The summed E-state index contributed by atoms with van der Waals surface area (Å²) in [7, 11) is 0. The molecule has 3 heterocycles.